The minimum atomic E-state index is -0.700. The van der Waals surface area contributed by atoms with Crippen LogP contribution in [-0.2, 0) is 4.74 Å². The molecule has 4 rings (SSSR count). The number of aliphatic hydroxyl groups is 1. The highest BCUT2D eigenvalue weighted by Crippen LogP contribution is 2.37. The van der Waals surface area contributed by atoms with Crippen molar-refractivity contribution in [3.8, 4) is 0 Å². The van der Waals surface area contributed by atoms with Gasteiger partial charge in [0.15, 0.2) is 5.78 Å². The normalized spacial score (nSPS) is 28.7. The van der Waals surface area contributed by atoms with Crippen LogP contribution in [0.3, 0.4) is 0 Å². The summed E-state index contributed by atoms with van der Waals surface area (Å²) in [6.07, 6.45) is 7.58. The molecule has 5 heteroatoms. The van der Waals surface area contributed by atoms with Gasteiger partial charge in [-0.15, -0.1) is 0 Å². The van der Waals surface area contributed by atoms with E-state index in [1.54, 1.807) is 0 Å². The van der Waals surface area contributed by atoms with E-state index in [1.807, 2.05) is 24.4 Å². The number of benzene rings is 1. The fraction of sp³-hybridized carbons (Fsp3) is 0.591. The van der Waals surface area contributed by atoms with Crippen molar-refractivity contribution in [2.24, 2.45) is 5.92 Å². The summed E-state index contributed by atoms with van der Waals surface area (Å²) in [5, 5.41) is 12.3. The summed E-state index contributed by atoms with van der Waals surface area (Å²) in [6, 6.07) is 6.03. The van der Waals surface area contributed by atoms with E-state index in [9.17, 15) is 9.90 Å². The molecule has 1 saturated heterocycles. The zero-order valence-electron chi connectivity index (χ0n) is 15.9. The largest absolute Gasteiger partial charge is 0.390 e. The Morgan fingerprint density at radius 2 is 2.26 bits per heavy atom. The zero-order chi connectivity index (χ0) is 19.0. The minimum Gasteiger partial charge on any atom is -0.390 e. The molecule has 2 fully saturated rings. The average molecular weight is 390 g/mol. The average Bonchev–Trinajstić information content (AvgIpc) is 3.27. The lowest BCUT2D eigenvalue weighted by atomic mass is 9.76. The SMILES string of the molecule is C[C@@H]1CCC[C@](O)(CCC(=O)c2cn(C3CCOC3)c3cccc(Cl)c23)C1. The molecular formula is C22H28ClNO3. The van der Waals surface area contributed by atoms with Crippen molar-refractivity contribution in [3.63, 3.8) is 0 Å². The van der Waals surface area contributed by atoms with Gasteiger partial charge >= 0.3 is 0 Å². The monoisotopic (exact) mass is 389 g/mol. The number of carbonyl (C=O) groups is 1. The third-order valence-electron chi connectivity index (χ3n) is 6.29. The van der Waals surface area contributed by atoms with Crippen molar-refractivity contribution in [1.82, 2.24) is 4.57 Å². The molecule has 4 nitrogen and oxygen atoms in total. The highest BCUT2D eigenvalue weighted by molar-refractivity contribution is 6.37. The van der Waals surface area contributed by atoms with Crippen molar-refractivity contribution >= 4 is 28.3 Å². The summed E-state index contributed by atoms with van der Waals surface area (Å²) in [4.78, 5) is 13.1. The fourth-order valence-electron chi connectivity index (χ4n) is 4.86. The number of nitrogens with zero attached hydrogens (tertiary/aromatic N) is 1. The van der Waals surface area contributed by atoms with Gasteiger partial charge in [-0.2, -0.15) is 0 Å². The lowest BCUT2D eigenvalue weighted by Crippen LogP contribution is -2.35. The van der Waals surface area contributed by atoms with E-state index in [2.05, 4.69) is 11.5 Å². The Hall–Kier alpha value is -1.36. The summed E-state index contributed by atoms with van der Waals surface area (Å²) >= 11 is 6.48. The second-order valence-electron chi connectivity index (χ2n) is 8.45. The first-order valence-electron chi connectivity index (χ1n) is 10.1. The van der Waals surface area contributed by atoms with Gasteiger partial charge in [-0.1, -0.05) is 37.4 Å². The van der Waals surface area contributed by atoms with Gasteiger partial charge in [0, 0.05) is 30.2 Å². The summed E-state index contributed by atoms with van der Waals surface area (Å²) in [6.45, 7) is 3.60. The lowest BCUT2D eigenvalue weighted by molar-refractivity contribution is -0.0204. The van der Waals surface area contributed by atoms with Crippen LogP contribution >= 0.6 is 11.6 Å². The Bertz CT molecular complexity index is 839. The van der Waals surface area contributed by atoms with Crippen LogP contribution in [0.4, 0.5) is 0 Å². The van der Waals surface area contributed by atoms with E-state index < -0.39 is 5.60 Å². The predicted octanol–water partition coefficient (Wildman–Crippen LogP) is 5.16. The van der Waals surface area contributed by atoms with Crippen LogP contribution < -0.4 is 0 Å². The van der Waals surface area contributed by atoms with Crippen molar-refractivity contribution < 1.29 is 14.6 Å². The molecule has 27 heavy (non-hydrogen) atoms. The van der Waals surface area contributed by atoms with Gasteiger partial charge in [0.25, 0.3) is 0 Å². The maximum absolute atomic E-state index is 13.1. The molecule has 0 radical (unpaired) electrons. The van der Waals surface area contributed by atoms with Crippen LogP contribution in [0.15, 0.2) is 24.4 Å². The molecule has 1 aliphatic heterocycles. The number of ketones is 1. The van der Waals surface area contributed by atoms with Crippen LogP contribution in [0, 0.1) is 5.92 Å². The number of rotatable bonds is 5. The number of hydrogen-bond donors (Lipinski definition) is 1. The molecule has 1 aromatic carbocycles. The molecule has 2 aromatic rings. The number of ether oxygens (including phenoxy) is 1. The Morgan fingerprint density at radius 1 is 1.41 bits per heavy atom. The molecule has 2 heterocycles. The van der Waals surface area contributed by atoms with Crippen molar-refractivity contribution in [2.75, 3.05) is 13.2 Å². The third-order valence-corrected chi connectivity index (χ3v) is 6.61. The maximum atomic E-state index is 13.1. The summed E-state index contributed by atoms with van der Waals surface area (Å²) in [5.41, 5.74) is 0.968. The van der Waals surface area contributed by atoms with E-state index in [4.69, 9.17) is 16.3 Å². The number of carbonyl (C=O) groups excluding carboxylic acids is 1. The predicted molar refractivity (Wildman–Crippen MR) is 108 cm³/mol. The van der Waals surface area contributed by atoms with Gasteiger partial charge in [0.2, 0.25) is 0 Å². The third kappa shape index (κ3) is 3.80. The molecule has 3 atom stereocenters. The lowest BCUT2D eigenvalue weighted by Gasteiger charge is -2.35. The van der Waals surface area contributed by atoms with E-state index >= 15 is 0 Å². The second-order valence-corrected chi connectivity index (χ2v) is 8.86. The van der Waals surface area contributed by atoms with Crippen LogP contribution in [-0.4, -0.2) is 34.3 Å². The number of Topliss-reactive ketones (excluding diaryl/α,β-unsaturated/α-hetero) is 1. The van der Waals surface area contributed by atoms with Crippen LogP contribution in [0.25, 0.3) is 10.9 Å². The molecule has 0 bridgehead atoms. The first-order valence-corrected chi connectivity index (χ1v) is 10.5. The van der Waals surface area contributed by atoms with Crippen LogP contribution in [0.5, 0.6) is 0 Å². The molecule has 1 N–H and O–H groups in total. The van der Waals surface area contributed by atoms with Crippen LogP contribution in [0.2, 0.25) is 5.02 Å². The van der Waals surface area contributed by atoms with Crippen molar-refractivity contribution in [2.45, 2.75) is 63.5 Å². The summed E-state index contributed by atoms with van der Waals surface area (Å²) in [5.74, 6) is 0.593. The second kappa shape index (κ2) is 7.57. The highest BCUT2D eigenvalue weighted by atomic mass is 35.5. The molecule has 2 aliphatic rings. The fourth-order valence-corrected chi connectivity index (χ4v) is 5.13. The van der Waals surface area contributed by atoms with E-state index in [-0.39, 0.29) is 11.8 Å². The Balaban J connectivity index is 1.60. The molecule has 0 spiro atoms. The summed E-state index contributed by atoms with van der Waals surface area (Å²) in [7, 11) is 0. The quantitative estimate of drug-likeness (QED) is 0.718. The van der Waals surface area contributed by atoms with Crippen molar-refractivity contribution in [1.29, 1.82) is 0 Å². The highest BCUT2D eigenvalue weighted by Gasteiger charge is 2.33. The molecule has 1 aliphatic carbocycles. The Kier molecular flexibility index (Phi) is 5.32. The standard InChI is InChI=1S/C22H28ClNO3/c1-15-4-3-9-22(26,12-15)10-7-20(25)17-13-24(16-8-11-27-14-16)19-6-2-5-18(23)21(17)19/h2,5-6,13,15-16,26H,3-4,7-12,14H2,1H3/t15-,16?,22+/m1/s1. The number of aromatic nitrogens is 1. The van der Waals surface area contributed by atoms with Gasteiger partial charge < -0.3 is 14.4 Å². The smallest absolute Gasteiger partial charge is 0.165 e. The molecule has 1 saturated carbocycles. The molecule has 1 aromatic heterocycles. The Morgan fingerprint density at radius 3 is 3.00 bits per heavy atom. The van der Waals surface area contributed by atoms with Gasteiger partial charge in [0.1, 0.15) is 0 Å². The number of fused-ring (bicyclic) bond motifs is 1. The first-order chi connectivity index (χ1) is 13.0. The molecule has 146 valence electrons. The van der Waals surface area contributed by atoms with E-state index in [0.717, 1.165) is 43.2 Å². The minimum absolute atomic E-state index is 0.0671. The van der Waals surface area contributed by atoms with Crippen LogP contribution in [0.1, 0.15) is 68.3 Å². The van der Waals surface area contributed by atoms with Gasteiger partial charge in [-0.3, -0.25) is 4.79 Å². The number of hydrogen-bond acceptors (Lipinski definition) is 3. The van der Waals surface area contributed by atoms with Gasteiger partial charge in [0.05, 0.1) is 28.8 Å². The summed E-state index contributed by atoms with van der Waals surface area (Å²) < 4.78 is 7.69. The van der Waals surface area contributed by atoms with Gasteiger partial charge in [-0.05, 0) is 43.7 Å². The Labute approximate surface area is 165 Å². The maximum Gasteiger partial charge on any atom is 0.165 e. The molecular weight excluding hydrogens is 362 g/mol. The topological polar surface area (TPSA) is 51.5 Å². The number of halogens is 1. The van der Waals surface area contributed by atoms with E-state index in [1.165, 1.54) is 6.42 Å². The molecule has 1 unspecified atom stereocenters. The van der Waals surface area contributed by atoms with Crippen molar-refractivity contribution in [3.05, 3.63) is 35.0 Å². The molecule has 0 amide bonds. The van der Waals surface area contributed by atoms with Gasteiger partial charge in [-0.25, -0.2) is 0 Å². The zero-order valence-corrected chi connectivity index (χ0v) is 16.7. The van der Waals surface area contributed by atoms with E-state index in [0.29, 0.717) is 36.0 Å². The first kappa shape index (κ1) is 19.0.